The van der Waals surface area contributed by atoms with Gasteiger partial charge < -0.3 is 4.57 Å². The largest absolute Gasteiger partial charge is 0.318 e. The van der Waals surface area contributed by atoms with Gasteiger partial charge in [0.1, 0.15) is 18.0 Å². The summed E-state index contributed by atoms with van der Waals surface area (Å²) < 4.78 is 1.66. The Bertz CT molecular complexity index is 837. The lowest BCUT2D eigenvalue weighted by molar-refractivity contribution is 0.907. The van der Waals surface area contributed by atoms with Gasteiger partial charge in [-0.1, -0.05) is 42.5 Å². The standard InChI is InChI=1S/C17H12N4/c1-21-16(11-19)15(10-18)20-17(21)14-8-6-13(7-9-14)12-4-2-3-5-12/h2-4,6-9H,5H2,1H3. The number of hydrogen-bond donors (Lipinski definition) is 0. The van der Waals surface area contributed by atoms with Crippen LogP contribution in [0.15, 0.2) is 42.5 Å². The number of nitrogens with zero attached hydrogens (tertiary/aromatic N) is 4. The van der Waals surface area contributed by atoms with Crippen molar-refractivity contribution in [3.05, 3.63) is 59.4 Å². The summed E-state index contributed by atoms with van der Waals surface area (Å²) in [6, 6.07) is 12.0. The molecule has 3 rings (SSSR count). The minimum Gasteiger partial charge on any atom is -0.318 e. The molecular formula is C17H12N4. The maximum atomic E-state index is 9.10. The summed E-state index contributed by atoms with van der Waals surface area (Å²) in [7, 11) is 1.75. The highest BCUT2D eigenvalue weighted by molar-refractivity contribution is 5.72. The van der Waals surface area contributed by atoms with Crippen molar-refractivity contribution in [1.29, 1.82) is 10.5 Å². The Morgan fingerprint density at radius 1 is 1.10 bits per heavy atom. The third kappa shape index (κ3) is 2.13. The zero-order valence-corrected chi connectivity index (χ0v) is 11.5. The van der Waals surface area contributed by atoms with Crippen LogP contribution in [0.4, 0.5) is 0 Å². The molecule has 1 heterocycles. The molecule has 0 bridgehead atoms. The number of allylic oxidation sites excluding steroid dienone is 4. The van der Waals surface area contributed by atoms with Gasteiger partial charge in [0.15, 0.2) is 11.4 Å². The van der Waals surface area contributed by atoms with Gasteiger partial charge in [-0.15, -0.1) is 0 Å². The molecule has 1 aliphatic carbocycles. The Labute approximate surface area is 122 Å². The van der Waals surface area contributed by atoms with E-state index in [1.165, 1.54) is 11.1 Å². The first-order valence-electron chi connectivity index (χ1n) is 6.58. The number of nitriles is 2. The Morgan fingerprint density at radius 2 is 1.81 bits per heavy atom. The third-order valence-corrected chi connectivity index (χ3v) is 3.59. The van der Waals surface area contributed by atoms with Gasteiger partial charge in [-0.2, -0.15) is 10.5 Å². The van der Waals surface area contributed by atoms with Gasteiger partial charge in [-0.25, -0.2) is 4.98 Å². The summed E-state index contributed by atoms with van der Waals surface area (Å²) in [5, 5.41) is 18.1. The van der Waals surface area contributed by atoms with E-state index in [0.29, 0.717) is 11.5 Å². The molecule has 100 valence electrons. The fourth-order valence-electron chi connectivity index (χ4n) is 2.46. The number of benzene rings is 1. The van der Waals surface area contributed by atoms with Crippen molar-refractivity contribution in [1.82, 2.24) is 9.55 Å². The molecule has 0 N–H and O–H groups in total. The van der Waals surface area contributed by atoms with Crippen LogP contribution in [-0.2, 0) is 7.05 Å². The molecule has 21 heavy (non-hydrogen) atoms. The van der Waals surface area contributed by atoms with Crippen LogP contribution >= 0.6 is 0 Å². The molecule has 4 heteroatoms. The van der Waals surface area contributed by atoms with Gasteiger partial charge >= 0.3 is 0 Å². The molecule has 2 aromatic rings. The van der Waals surface area contributed by atoms with Crippen molar-refractivity contribution in [2.45, 2.75) is 6.42 Å². The Morgan fingerprint density at radius 3 is 2.33 bits per heavy atom. The van der Waals surface area contributed by atoms with Gasteiger partial charge in [-0.3, -0.25) is 0 Å². The Kier molecular flexibility index (Phi) is 3.14. The summed E-state index contributed by atoms with van der Waals surface area (Å²) in [4.78, 5) is 4.25. The third-order valence-electron chi connectivity index (χ3n) is 3.59. The second-order valence-electron chi connectivity index (χ2n) is 4.82. The van der Waals surface area contributed by atoms with Gasteiger partial charge in [-0.05, 0) is 17.6 Å². The van der Waals surface area contributed by atoms with E-state index < -0.39 is 0 Å². The molecular weight excluding hydrogens is 260 g/mol. The minimum atomic E-state index is 0.168. The van der Waals surface area contributed by atoms with Crippen molar-refractivity contribution < 1.29 is 0 Å². The average molecular weight is 272 g/mol. The lowest BCUT2D eigenvalue weighted by Gasteiger charge is -2.05. The maximum Gasteiger partial charge on any atom is 0.177 e. The summed E-state index contributed by atoms with van der Waals surface area (Å²) in [5.74, 6) is 0.633. The SMILES string of the molecule is Cn1c(-c2ccc(C3=CC=CC3)cc2)nc(C#N)c1C#N. The van der Waals surface area contributed by atoms with Gasteiger partial charge in [0, 0.05) is 12.6 Å². The fourth-order valence-corrected chi connectivity index (χ4v) is 2.46. The molecule has 0 saturated carbocycles. The van der Waals surface area contributed by atoms with Gasteiger partial charge in [0.25, 0.3) is 0 Å². The highest BCUT2D eigenvalue weighted by atomic mass is 15.1. The number of rotatable bonds is 2. The molecule has 0 spiro atoms. The molecule has 0 saturated heterocycles. The van der Waals surface area contributed by atoms with Crippen LogP contribution in [0.2, 0.25) is 0 Å². The number of imidazole rings is 1. The minimum absolute atomic E-state index is 0.168. The van der Waals surface area contributed by atoms with Gasteiger partial charge in [0.05, 0.1) is 0 Å². The molecule has 0 aliphatic heterocycles. The topological polar surface area (TPSA) is 65.4 Å². The van der Waals surface area contributed by atoms with Crippen molar-refractivity contribution in [3.8, 4) is 23.5 Å². The summed E-state index contributed by atoms with van der Waals surface area (Å²) in [5.41, 5.74) is 3.82. The van der Waals surface area contributed by atoms with Gasteiger partial charge in [0.2, 0.25) is 0 Å². The number of hydrogen-bond acceptors (Lipinski definition) is 3. The molecule has 4 nitrogen and oxygen atoms in total. The Balaban J connectivity index is 2.01. The first kappa shape index (κ1) is 12.9. The van der Waals surface area contributed by atoms with E-state index in [0.717, 1.165) is 12.0 Å². The highest BCUT2D eigenvalue weighted by Gasteiger charge is 2.15. The molecule has 0 amide bonds. The van der Waals surface area contributed by atoms with Crippen LogP contribution in [0.25, 0.3) is 17.0 Å². The Hall–Kier alpha value is -3.11. The average Bonchev–Trinajstić information content (AvgIpc) is 3.15. The van der Waals surface area contributed by atoms with Crippen molar-refractivity contribution >= 4 is 5.57 Å². The quantitative estimate of drug-likeness (QED) is 0.843. The van der Waals surface area contributed by atoms with E-state index in [2.05, 4.69) is 23.2 Å². The van der Waals surface area contributed by atoms with Crippen molar-refractivity contribution in [2.75, 3.05) is 0 Å². The second-order valence-corrected chi connectivity index (χ2v) is 4.82. The van der Waals surface area contributed by atoms with Crippen molar-refractivity contribution in [2.24, 2.45) is 7.05 Å². The van der Waals surface area contributed by atoms with Crippen LogP contribution in [0.5, 0.6) is 0 Å². The van der Waals surface area contributed by atoms with Crippen LogP contribution in [-0.4, -0.2) is 9.55 Å². The lowest BCUT2D eigenvalue weighted by Crippen LogP contribution is -1.96. The van der Waals surface area contributed by atoms with E-state index in [-0.39, 0.29) is 5.69 Å². The van der Waals surface area contributed by atoms with Crippen molar-refractivity contribution in [3.63, 3.8) is 0 Å². The predicted molar refractivity (Wildman–Crippen MR) is 79.8 cm³/mol. The second kappa shape index (κ2) is 5.11. The first-order valence-corrected chi connectivity index (χ1v) is 6.58. The normalized spacial score (nSPS) is 12.8. The number of aromatic nitrogens is 2. The molecule has 0 fully saturated rings. The highest BCUT2D eigenvalue weighted by Crippen LogP contribution is 2.26. The molecule has 0 atom stereocenters. The maximum absolute atomic E-state index is 9.10. The zero-order valence-electron chi connectivity index (χ0n) is 11.5. The lowest BCUT2D eigenvalue weighted by atomic mass is 10.0. The zero-order chi connectivity index (χ0) is 14.8. The van der Waals surface area contributed by atoms with Crippen LogP contribution < -0.4 is 0 Å². The van der Waals surface area contributed by atoms with Crippen LogP contribution in [0, 0.1) is 22.7 Å². The molecule has 1 aliphatic rings. The molecule has 1 aromatic heterocycles. The van der Waals surface area contributed by atoms with E-state index in [1.54, 1.807) is 11.6 Å². The van der Waals surface area contributed by atoms with Crippen LogP contribution in [0.1, 0.15) is 23.4 Å². The molecule has 0 radical (unpaired) electrons. The van der Waals surface area contributed by atoms with E-state index in [1.807, 2.05) is 36.4 Å². The summed E-state index contributed by atoms with van der Waals surface area (Å²) >= 11 is 0. The molecule has 1 aromatic carbocycles. The molecule has 0 unspecified atom stereocenters. The van der Waals surface area contributed by atoms with E-state index >= 15 is 0 Å². The smallest absolute Gasteiger partial charge is 0.177 e. The summed E-state index contributed by atoms with van der Waals surface area (Å²) in [6.07, 6.45) is 7.25. The predicted octanol–water partition coefficient (Wildman–Crippen LogP) is 3.17. The first-order chi connectivity index (χ1) is 10.2. The van der Waals surface area contributed by atoms with E-state index in [9.17, 15) is 0 Å². The van der Waals surface area contributed by atoms with E-state index in [4.69, 9.17) is 10.5 Å². The fraction of sp³-hybridized carbons (Fsp3) is 0.118. The monoisotopic (exact) mass is 272 g/mol. The van der Waals surface area contributed by atoms with Crippen LogP contribution in [0.3, 0.4) is 0 Å². The summed E-state index contributed by atoms with van der Waals surface area (Å²) in [6.45, 7) is 0.